The zero-order chi connectivity index (χ0) is 14.7. The van der Waals surface area contributed by atoms with Crippen molar-refractivity contribution in [2.45, 2.75) is 11.8 Å². The van der Waals surface area contributed by atoms with Gasteiger partial charge >= 0.3 is 0 Å². The molecule has 5 heteroatoms. The molecule has 0 aliphatic rings. The number of hydrogen-bond donors (Lipinski definition) is 0. The van der Waals surface area contributed by atoms with Crippen molar-refractivity contribution in [3.8, 4) is 0 Å². The smallest absolute Gasteiger partial charge is 0.196 e. The van der Waals surface area contributed by atoms with Gasteiger partial charge < -0.3 is 0 Å². The zero-order valence-electron chi connectivity index (χ0n) is 10.6. The lowest BCUT2D eigenvalue weighted by Crippen LogP contribution is -2.04. The summed E-state index contributed by atoms with van der Waals surface area (Å²) in [4.78, 5) is 13.4. The Morgan fingerprint density at radius 3 is 2.50 bits per heavy atom. The van der Waals surface area contributed by atoms with E-state index in [1.54, 1.807) is 30.0 Å². The van der Waals surface area contributed by atoms with E-state index < -0.39 is 5.82 Å². The molecule has 2 aromatic rings. The number of hydrogen-bond acceptors (Lipinski definition) is 2. The quantitative estimate of drug-likeness (QED) is 0.395. The summed E-state index contributed by atoms with van der Waals surface area (Å²) in [5, 5.41) is -0.0750. The van der Waals surface area contributed by atoms with E-state index in [1.165, 1.54) is 6.07 Å². The van der Waals surface area contributed by atoms with Gasteiger partial charge in [-0.15, -0.1) is 11.8 Å². The lowest BCUT2D eigenvalue weighted by atomic mass is 10.0. The second kappa shape index (κ2) is 6.74. The molecule has 0 fully saturated rings. The topological polar surface area (TPSA) is 17.1 Å². The second-order valence-electron chi connectivity index (χ2n) is 4.01. The zero-order valence-corrected chi connectivity index (χ0v) is 13.8. The minimum Gasteiger partial charge on any atom is -0.288 e. The Morgan fingerprint density at radius 1 is 1.25 bits per heavy atom. The Hall–Kier alpha value is -0.840. The highest BCUT2D eigenvalue weighted by Crippen LogP contribution is 2.29. The summed E-state index contributed by atoms with van der Waals surface area (Å²) in [5.74, 6) is -0.104. The predicted molar refractivity (Wildman–Crippen MR) is 85.4 cm³/mol. The van der Waals surface area contributed by atoms with E-state index in [2.05, 4.69) is 22.9 Å². The van der Waals surface area contributed by atoms with Crippen molar-refractivity contribution >= 4 is 45.1 Å². The highest BCUT2D eigenvalue weighted by molar-refractivity contribution is 9.10. The fourth-order valence-corrected chi connectivity index (χ4v) is 2.86. The van der Waals surface area contributed by atoms with Gasteiger partial charge in [0.25, 0.3) is 0 Å². The fourth-order valence-electron chi connectivity index (χ4n) is 1.73. The largest absolute Gasteiger partial charge is 0.288 e. The first kappa shape index (κ1) is 15.5. The third-order valence-corrected chi connectivity index (χ3v) is 4.86. The normalized spacial score (nSPS) is 10.6. The number of carbonyl (C=O) groups is 1. The Bertz CT molecular complexity index is 643. The molecule has 0 bridgehead atoms. The molecule has 0 aliphatic heterocycles. The van der Waals surface area contributed by atoms with Gasteiger partial charge in [-0.25, -0.2) is 4.39 Å². The van der Waals surface area contributed by atoms with Gasteiger partial charge in [-0.3, -0.25) is 4.79 Å². The van der Waals surface area contributed by atoms with Crippen LogP contribution in [0.25, 0.3) is 0 Å². The van der Waals surface area contributed by atoms with Crippen LogP contribution >= 0.6 is 39.3 Å². The molecule has 0 amide bonds. The number of halogens is 3. The summed E-state index contributed by atoms with van der Waals surface area (Å²) in [5.41, 5.74) is 0.428. The predicted octanol–water partition coefficient (Wildman–Crippen LogP) is 5.58. The van der Waals surface area contributed by atoms with Gasteiger partial charge in [-0.1, -0.05) is 18.5 Å². The van der Waals surface area contributed by atoms with E-state index in [1.807, 2.05) is 12.1 Å². The van der Waals surface area contributed by atoms with E-state index in [-0.39, 0.29) is 16.4 Å². The van der Waals surface area contributed by atoms with Crippen molar-refractivity contribution in [2.75, 3.05) is 5.75 Å². The van der Waals surface area contributed by atoms with Gasteiger partial charge in [-0.2, -0.15) is 0 Å². The molecule has 104 valence electrons. The van der Waals surface area contributed by atoms with Gasteiger partial charge in [0.2, 0.25) is 0 Å². The van der Waals surface area contributed by atoms with E-state index in [9.17, 15) is 9.18 Å². The number of rotatable bonds is 4. The summed E-state index contributed by atoms with van der Waals surface area (Å²) >= 11 is 10.6. The summed E-state index contributed by atoms with van der Waals surface area (Å²) in [6.45, 7) is 2.06. The number of carbonyl (C=O) groups excluding carboxylic acids is 1. The van der Waals surface area contributed by atoms with Crippen LogP contribution in [0.2, 0.25) is 5.02 Å². The van der Waals surface area contributed by atoms with Crippen molar-refractivity contribution < 1.29 is 9.18 Å². The molecule has 1 nitrogen and oxygen atoms in total. The van der Waals surface area contributed by atoms with Crippen molar-refractivity contribution in [1.82, 2.24) is 0 Å². The molecule has 2 aromatic carbocycles. The maximum atomic E-state index is 14.0. The molecule has 0 saturated heterocycles. The van der Waals surface area contributed by atoms with Crippen molar-refractivity contribution in [3.05, 3.63) is 62.8 Å². The maximum Gasteiger partial charge on any atom is 0.196 e. The molecule has 0 radical (unpaired) electrons. The monoisotopic (exact) mass is 372 g/mol. The number of ketones is 1. The Morgan fingerprint density at radius 2 is 1.90 bits per heavy atom. The van der Waals surface area contributed by atoms with Crippen molar-refractivity contribution in [3.63, 3.8) is 0 Å². The van der Waals surface area contributed by atoms with Crippen LogP contribution in [-0.2, 0) is 0 Å². The summed E-state index contributed by atoms with van der Waals surface area (Å²) in [7, 11) is 0. The number of thioether (sulfide) groups is 1. The molecule has 0 aromatic heterocycles. The molecule has 0 spiro atoms. The average molecular weight is 374 g/mol. The van der Waals surface area contributed by atoms with Crippen LogP contribution in [0, 0.1) is 5.82 Å². The van der Waals surface area contributed by atoms with E-state index in [4.69, 9.17) is 11.6 Å². The molecule has 20 heavy (non-hydrogen) atoms. The molecular formula is C15H11BrClFOS. The van der Waals surface area contributed by atoms with Crippen LogP contribution in [0.4, 0.5) is 4.39 Å². The van der Waals surface area contributed by atoms with Crippen LogP contribution in [0.3, 0.4) is 0 Å². The SMILES string of the molecule is CCSc1ccc(C(=O)c2ccc(Br)c(Cl)c2F)cc1. The van der Waals surface area contributed by atoms with Gasteiger partial charge in [0, 0.05) is 14.9 Å². The van der Waals surface area contributed by atoms with Gasteiger partial charge in [0.1, 0.15) is 0 Å². The van der Waals surface area contributed by atoms with E-state index in [0.717, 1.165) is 10.6 Å². The third-order valence-electron chi connectivity index (χ3n) is 2.71. The molecule has 0 heterocycles. The van der Waals surface area contributed by atoms with Gasteiger partial charge in [0.15, 0.2) is 11.6 Å². The third kappa shape index (κ3) is 3.25. The highest BCUT2D eigenvalue weighted by atomic mass is 79.9. The Labute approximate surface area is 134 Å². The second-order valence-corrected chi connectivity index (χ2v) is 6.58. The van der Waals surface area contributed by atoms with E-state index >= 15 is 0 Å². The van der Waals surface area contributed by atoms with Crippen molar-refractivity contribution in [1.29, 1.82) is 0 Å². The summed E-state index contributed by atoms with van der Waals surface area (Å²) in [6, 6.07) is 10.1. The van der Waals surface area contributed by atoms with Crippen molar-refractivity contribution in [2.24, 2.45) is 0 Å². The van der Waals surface area contributed by atoms with Crippen LogP contribution in [0.15, 0.2) is 45.8 Å². The standard InChI is InChI=1S/C15H11BrClFOS/c1-2-20-10-5-3-9(4-6-10)15(19)11-7-8-12(16)13(17)14(11)18/h3-8H,2H2,1H3. The molecule has 0 aliphatic carbocycles. The Balaban J connectivity index is 2.34. The molecule has 0 atom stereocenters. The first-order valence-corrected chi connectivity index (χ1v) is 8.11. The highest BCUT2D eigenvalue weighted by Gasteiger charge is 2.17. The summed E-state index contributed by atoms with van der Waals surface area (Å²) < 4.78 is 14.4. The molecular weight excluding hydrogens is 363 g/mol. The fraction of sp³-hybridized carbons (Fsp3) is 0.133. The molecule has 0 unspecified atom stereocenters. The van der Waals surface area contributed by atoms with E-state index in [0.29, 0.717) is 10.0 Å². The van der Waals surface area contributed by atoms with Crippen LogP contribution in [0.1, 0.15) is 22.8 Å². The lowest BCUT2D eigenvalue weighted by Gasteiger charge is -2.06. The van der Waals surface area contributed by atoms with Crippen LogP contribution in [0.5, 0.6) is 0 Å². The average Bonchev–Trinajstić information content (AvgIpc) is 2.45. The minimum atomic E-state index is -0.696. The van der Waals surface area contributed by atoms with Crippen LogP contribution in [-0.4, -0.2) is 11.5 Å². The lowest BCUT2D eigenvalue weighted by molar-refractivity contribution is 0.103. The first-order valence-electron chi connectivity index (χ1n) is 5.95. The molecule has 0 saturated carbocycles. The first-order chi connectivity index (χ1) is 9.54. The molecule has 2 rings (SSSR count). The maximum absolute atomic E-state index is 14.0. The van der Waals surface area contributed by atoms with Crippen LogP contribution < -0.4 is 0 Å². The minimum absolute atomic E-state index is 0.0194. The van der Waals surface area contributed by atoms with Gasteiger partial charge in [0.05, 0.1) is 10.6 Å². The Kier molecular flexibility index (Phi) is 5.24. The number of benzene rings is 2. The summed E-state index contributed by atoms with van der Waals surface area (Å²) in [6.07, 6.45) is 0. The molecule has 0 N–H and O–H groups in total. The van der Waals surface area contributed by atoms with Gasteiger partial charge in [-0.05, 0) is 58.1 Å².